The quantitative estimate of drug-likeness (QED) is 0.533. The van der Waals surface area contributed by atoms with Crippen molar-refractivity contribution in [2.45, 2.75) is 43.4 Å². The Labute approximate surface area is 208 Å². The lowest BCUT2D eigenvalue weighted by Gasteiger charge is -2.38. The summed E-state index contributed by atoms with van der Waals surface area (Å²) in [6, 6.07) is 6.27. The summed E-state index contributed by atoms with van der Waals surface area (Å²) in [6.45, 7) is 4.23. The number of rotatable bonds is 5. The molecule has 2 aliphatic heterocycles. The predicted molar refractivity (Wildman–Crippen MR) is 136 cm³/mol. The Hall–Kier alpha value is -2.36. The summed E-state index contributed by atoms with van der Waals surface area (Å²) in [5.41, 5.74) is 8.69. The van der Waals surface area contributed by atoms with Crippen LogP contribution in [0.3, 0.4) is 0 Å². The fourth-order valence-electron chi connectivity index (χ4n) is 5.19. The van der Waals surface area contributed by atoms with Gasteiger partial charge in [-0.15, -0.1) is 0 Å². The number of halogens is 1. The number of imidazole rings is 1. The van der Waals surface area contributed by atoms with Crippen molar-refractivity contribution in [2.24, 2.45) is 5.92 Å². The summed E-state index contributed by atoms with van der Waals surface area (Å²) in [5.74, 6) is 0.738. The van der Waals surface area contributed by atoms with E-state index in [-0.39, 0.29) is 5.92 Å². The van der Waals surface area contributed by atoms with E-state index in [0.29, 0.717) is 22.9 Å². The van der Waals surface area contributed by atoms with E-state index in [0.717, 1.165) is 80.2 Å². The number of benzene rings is 1. The molecule has 8 nitrogen and oxygen atoms in total. The van der Waals surface area contributed by atoms with Gasteiger partial charge in [-0.2, -0.15) is 0 Å². The summed E-state index contributed by atoms with van der Waals surface area (Å²) in [7, 11) is 0. The van der Waals surface area contributed by atoms with Crippen LogP contribution in [0.1, 0.15) is 37.3 Å². The van der Waals surface area contributed by atoms with Crippen molar-refractivity contribution < 1.29 is 4.79 Å². The second kappa shape index (κ2) is 10.1. The number of hydrogen-bond donors (Lipinski definition) is 1. The highest BCUT2D eigenvalue weighted by molar-refractivity contribution is 7.98. The van der Waals surface area contributed by atoms with Gasteiger partial charge in [-0.25, -0.2) is 15.0 Å². The Morgan fingerprint density at radius 3 is 2.50 bits per heavy atom. The summed E-state index contributed by atoms with van der Waals surface area (Å²) >= 11 is 7.84. The molecule has 34 heavy (non-hydrogen) atoms. The van der Waals surface area contributed by atoms with Crippen LogP contribution in [0.2, 0.25) is 5.02 Å². The normalized spacial score (nSPS) is 18.6. The van der Waals surface area contributed by atoms with Gasteiger partial charge in [-0.05, 0) is 63.2 Å². The molecule has 3 aromatic rings. The zero-order valence-electron chi connectivity index (χ0n) is 19.4. The van der Waals surface area contributed by atoms with Crippen molar-refractivity contribution in [3.8, 4) is 0 Å². The van der Waals surface area contributed by atoms with Gasteiger partial charge in [0.05, 0.1) is 11.0 Å². The SMILES string of the molecule is CSc1nc2cc(Cl)ccc2n1C1CCN(C(=O)C2CCN(Cc3cnc(N)nc3)CC2)CC1. The smallest absolute Gasteiger partial charge is 0.225 e. The third-order valence-electron chi connectivity index (χ3n) is 7.01. The molecule has 2 aliphatic rings. The van der Waals surface area contributed by atoms with E-state index < -0.39 is 0 Å². The Balaban J connectivity index is 1.16. The first-order valence-corrected chi connectivity index (χ1v) is 13.4. The van der Waals surface area contributed by atoms with E-state index in [1.165, 1.54) is 0 Å². The number of nitrogen functional groups attached to an aromatic ring is 1. The number of piperidine rings is 2. The molecule has 1 amide bonds. The van der Waals surface area contributed by atoms with E-state index in [1.807, 2.05) is 12.1 Å². The van der Waals surface area contributed by atoms with Gasteiger partial charge in [-0.1, -0.05) is 23.4 Å². The van der Waals surface area contributed by atoms with E-state index in [9.17, 15) is 4.79 Å². The van der Waals surface area contributed by atoms with Gasteiger partial charge < -0.3 is 15.2 Å². The summed E-state index contributed by atoms with van der Waals surface area (Å²) in [6.07, 6.45) is 9.32. The Morgan fingerprint density at radius 1 is 1.12 bits per heavy atom. The molecule has 0 spiro atoms. The highest BCUT2D eigenvalue weighted by atomic mass is 35.5. The van der Waals surface area contributed by atoms with Gasteiger partial charge in [0.25, 0.3) is 0 Å². The molecule has 180 valence electrons. The molecule has 0 unspecified atom stereocenters. The molecule has 0 radical (unpaired) electrons. The van der Waals surface area contributed by atoms with Gasteiger partial charge >= 0.3 is 0 Å². The number of anilines is 1. The lowest BCUT2D eigenvalue weighted by atomic mass is 9.93. The first kappa shape index (κ1) is 23.4. The minimum Gasteiger partial charge on any atom is -0.368 e. The molecule has 1 aromatic carbocycles. The number of nitrogens with two attached hydrogens (primary N) is 1. The number of nitrogens with zero attached hydrogens (tertiary/aromatic N) is 6. The minimum absolute atomic E-state index is 0.119. The second-order valence-corrected chi connectivity index (χ2v) is 10.4. The number of hydrogen-bond acceptors (Lipinski definition) is 7. The molecule has 0 aliphatic carbocycles. The number of amides is 1. The zero-order valence-corrected chi connectivity index (χ0v) is 20.9. The summed E-state index contributed by atoms with van der Waals surface area (Å²) in [5, 5.41) is 1.72. The molecule has 2 aromatic heterocycles. The average Bonchev–Trinajstić information content (AvgIpc) is 3.23. The second-order valence-electron chi connectivity index (χ2n) is 9.16. The van der Waals surface area contributed by atoms with Crippen molar-refractivity contribution in [3.63, 3.8) is 0 Å². The number of carbonyl (C=O) groups is 1. The molecule has 4 heterocycles. The molecule has 10 heteroatoms. The average molecular weight is 500 g/mol. The van der Waals surface area contributed by atoms with Crippen LogP contribution in [0.4, 0.5) is 5.95 Å². The molecule has 5 rings (SSSR count). The van der Waals surface area contributed by atoms with Gasteiger partial charge in [0, 0.05) is 54.6 Å². The molecule has 0 atom stereocenters. The highest BCUT2D eigenvalue weighted by Crippen LogP contribution is 2.34. The lowest BCUT2D eigenvalue weighted by molar-refractivity contribution is -0.138. The fourth-order valence-corrected chi connectivity index (χ4v) is 5.99. The standard InChI is InChI=1S/C24H30ClN7OS/c1-34-24-29-20-12-18(25)2-3-21(20)32(24)19-6-10-31(11-7-19)22(33)17-4-8-30(9-5-17)15-16-13-27-23(26)28-14-16/h2-3,12-14,17,19H,4-11,15H2,1H3,(H2,26,27,28). The summed E-state index contributed by atoms with van der Waals surface area (Å²) < 4.78 is 2.34. The van der Waals surface area contributed by atoms with Gasteiger partial charge in [0.1, 0.15) is 0 Å². The minimum atomic E-state index is 0.119. The van der Waals surface area contributed by atoms with E-state index in [1.54, 1.807) is 24.2 Å². The van der Waals surface area contributed by atoms with Crippen LogP contribution in [0.25, 0.3) is 11.0 Å². The summed E-state index contributed by atoms with van der Waals surface area (Å²) in [4.78, 5) is 30.6. The van der Waals surface area contributed by atoms with Crippen LogP contribution in [0.5, 0.6) is 0 Å². The largest absolute Gasteiger partial charge is 0.368 e. The van der Waals surface area contributed by atoms with Crippen LogP contribution >= 0.6 is 23.4 Å². The first-order valence-electron chi connectivity index (χ1n) is 11.8. The third kappa shape index (κ3) is 4.87. The monoisotopic (exact) mass is 499 g/mol. The maximum absolute atomic E-state index is 13.3. The fraction of sp³-hybridized carbons (Fsp3) is 0.500. The van der Waals surface area contributed by atoms with Crippen molar-refractivity contribution >= 4 is 46.3 Å². The third-order valence-corrected chi connectivity index (χ3v) is 7.90. The predicted octanol–water partition coefficient (Wildman–Crippen LogP) is 3.86. The molecule has 0 saturated carbocycles. The molecular formula is C24H30ClN7OS. The van der Waals surface area contributed by atoms with Gasteiger partial charge in [0.15, 0.2) is 5.16 Å². The Morgan fingerprint density at radius 2 is 1.82 bits per heavy atom. The lowest BCUT2D eigenvalue weighted by Crippen LogP contribution is -2.45. The highest BCUT2D eigenvalue weighted by Gasteiger charge is 2.32. The number of fused-ring (bicyclic) bond motifs is 1. The number of likely N-dealkylation sites (tertiary alicyclic amines) is 2. The van der Waals surface area contributed by atoms with Gasteiger partial charge in [-0.3, -0.25) is 9.69 Å². The van der Waals surface area contributed by atoms with E-state index in [4.69, 9.17) is 22.3 Å². The Kier molecular flexibility index (Phi) is 6.94. The van der Waals surface area contributed by atoms with Crippen LogP contribution in [0.15, 0.2) is 35.7 Å². The molecule has 2 N–H and O–H groups in total. The zero-order chi connectivity index (χ0) is 23.7. The van der Waals surface area contributed by atoms with Gasteiger partial charge in [0.2, 0.25) is 11.9 Å². The van der Waals surface area contributed by atoms with Crippen molar-refractivity contribution in [2.75, 3.05) is 38.2 Å². The molecular weight excluding hydrogens is 470 g/mol. The van der Waals surface area contributed by atoms with Crippen LogP contribution < -0.4 is 5.73 Å². The van der Waals surface area contributed by atoms with Crippen molar-refractivity contribution in [1.29, 1.82) is 0 Å². The number of carbonyl (C=O) groups excluding carboxylic acids is 1. The van der Waals surface area contributed by atoms with E-state index >= 15 is 0 Å². The molecule has 0 bridgehead atoms. The van der Waals surface area contributed by atoms with E-state index in [2.05, 4.69) is 36.7 Å². The van der Waals surface area contributed by atoms with Crippen LogP contribution in [-0.4, -0.2) is 67.7 Å². The number of aromatic nitrogens is 4. The van der Waals surface area contributed by atoms with Crippen LogP contribution in [0, 0.1) is 5.92 Å². The topological polar surface area (TPSA) is 93.2 Å². The molecule has 2 saturated heterocycles. The van der Waals surface area contributed by atoms with Crippen molar-refractivity contribution in [3.05, 3.63) is 41.2 Å². The number of thioether (sulfide) groups is 1. The molecule has 2 fully saturated rings. The van der Waals surface area contributed by atoms with Crippen LogP contribution in [-0.2, 0) is 11.3 Å². The Bertz CT molecular complexity index is 1150. The maximum atomic E-state index is 13.3. The first-order chi connectivity index (χ1) is 16.5. The van der Waals surface area contributed by atoms with Crippen molar-refractivity contribution in [1.82, 2.24) is 29.3 Å². The maximum Gasteiger partial charge on any atom is 0.225 e.